The van der Waals surface area contributed by atoms with Gasteiger partial charge in [-0.05, 0) is 13.8 Å². The van der Waals surface area contributed by atoms with Crippen molar-refractivity contribution in [2.75, 3.05) is 0 Å². The fourth-order valence-corrected chi connectivity index (χ4v) is 4.10. The minimum Gasteiger partial charge on any atom is -0.548 e. The number of fused-ring (bicyclic) bond motifs is 1. The van der Waals surface area contributed by atoms with Crippen molar-refractivity contribution in [2.24, 2.45) is 5.41 Å². The molecule has 8 heteroatoms. The topological polar surface area (TPSA) is 89.5 Å². The third kappa shape index (κ3) is 3.11. The second-order valence-electron chi connectivity index (χ2n) is 6.78. The van der Waals surface area contributed by atoms with Crippen LogP contribution in [0.4, 0.5) is 0 Å². The molecular weight excluding hydrogens is 303 g/mol. The SMILES string of the molecule is CC(C)(C)C(=O)N[C@@H]1C(=O)N2[C@@H]1SC(C)(C)[C@@H]2C(=O)[O-].[Na+]. The predicted molar refractivity (Wildman–Crippen MR) is 72.5 cm³/mol. The Kier molecular flexibility index (Phi) is 5.15. The number of hydrogen-bond donors (Lipinski definition) is 1. The number of nitrogens with zero attached hydrogens (tertiary/aromatic N) is 1. The Bertz CT molecular complexity index is 489. The molecule has 2 aliphatic rings. The standard InChI is InChI=1S/C13H20N2O4S.Na/c1-12(2,3)11(19)14-6-8(16)15-7(10(17)18)13(4,5)20-9(6)15;/h6-7,9H,1-5H3,(H,14,19)(H,17,18);/q;+1/p-1/t6-,7+,9-;/m1./s1. The number of carbonyl (C=O) groups is 3. The summed E-state index contributed by atoms with van der Waals surface area (Å²) in [5.74, 6) is -1.82. The maximum atomic E-state index is 12.1. The van der Waals surface area contributed by atoms with Crippen LogP contribution in [-0.4, -0.2) is 44.9 Å². The normalized spacial score (nSPS) is 30.0. The number of aliphatic carboxylic acids is 1. The van der Waals surface area contributed by atoms with E-state index in [9.17, 15) is 19.5 Å². The van der Waals surface area contributed by atoms with Crippen molar-refractivity contribution in [2.45, 2.75) is 56.8 Å². The van der Waals surface area contributed by atoms with Crippen LogP contribution in [-0.2, 0) is 14.4 Å². The summed E-state index contributed by atoms with van der Waals surface area (Å²) in [6, 6.07) is -1.59. The Balaban J connectivity index is 0.00000220. The van der Waals surface area contributed by atoms with Gasteiger partial charge in [-0.2, -0.15) is 0 Å². The number of carboxylic acid groups (broad SMARTS) is 1. The average molecular weight is 322 g/mol. The van der Waals surface area contributed by atoms with Crippen molar-refractivity contribution >= 4 is 29.5 Å². The molecule has 2 rings (SSSR count). The molecule has 2 saturated heterocycles. The van der Waals surface area contributed by atoms with Gasteiger partial charge in [-0.1, -0.05) is 20.8 Å². The molecule has 6 nitrogen and oxygen atoms in total. The van der Waals surface area contributed by atoms with E-state index in [-0.39, 0.29) is 46.7 Å². The van der Waals surface area contributed by atoms with E-state index in [0.717, 1.165) is 0 Å². The summed E-state index contributed by atoms with van der Waals surface area (Å²) in [4.78, 5) is 36.6. The van der Waals surface area contributed by atoms with Gasteiger partial charge in [0.25, 0.3) is 0 Å². The predicted octanol–water partition coefficient (Wildman–Crippen LogP) is -3.67. The number of amides is 2. The molecule has 2 amide bonds. The fraction of sp³-hybridized carbons (Fsp3) is 0.769. The molecule has 2 fully saturated rings. The zero-order valence-corrected chi connectivity index (χ0v) is 16.0. The Morgan fingerprint density at radius 3 is 2.29 bits per heavy atom. The summed E-state index contributed by atoms with van der Waals surface area (Å²) >= 11 is 1.39. The number of thioether (sulfide) groups is 1. The Morgan fingerprint density at radius 1 is 1.33 bits per heavy atom. The third-order valence-corrected chi connectivity index (χ3v) is 5.20. The minimum atomic E-state index is -1.25. The molecule has 2 aliphatic heterocycles. The van der Waals surface area contributed by atoms with Crippen molar-refractivity contribution in [3.63, 3.8) is 0 Å². The van der Waals surface area contributed by atoms with E-state index in [1.165, 1.54) is 16.7 Å². The van der Waals surface area contributed by atoms with Gasteiger partial charge in [0, 0.05) is 10.2 Å². The molecule has 112 valence electrons. The first kappa shape index (κ1) is 18.8. The first-order valence-corrected chi connectivity index (χ1v) is 7.36. The van der Waals surface area contributed by atoms with Crippen LogP contribution in [0.25, 0.3) is 0 Å². The van der Waals surface area contributed by atoms with E-state index in [4.69, 9.17) is 0 Å². The number of carbonyl (C=O) groups excluding carboxylic acids is 3. The van der Waals surface area contributed by atoms with Gasteiger partial charge in [0.05, 0.1) is 12.0 Å². The molecule has 0 aromatic carbocycles. The van der Waals surface area contributed by atoms with Crippen LogP contribution >= 0.6 is 11.8 Å². The summed E-state index contributed by atoms with van der Waals surface area (Å²) in [5, 5.41) is 13.6. The smallest absolute Gasteiger partial charge is 0.548 e. The molecular formula is C13H19N2NaO4S. The van der Waals surface area contributed by atoms with Gasteiger partial charge in [0.2, 0.25) is 11.8 Å². The van der Waals surface area contributed by atoms with Crippen molar-refractivity contribution in [1.82, 2.24) is 10.2 Å². The Morgan fingerprint density at radius 2 is 1.86 bits per heavy atom. The van der Waals surface area contributed by atoms with Gasteiger partial charge in [-0.3, -0.25) is 9.59 Å². The van der Waals surface area contributed by atoms with E-state index in [0.29, 0.717) is 0 Å². The molecule has 1 N–H and O–H groups in total. The summed E-state index contributed by atoms with van der Waals surface area (Å²) in [5.41, 5.74) is -0.590. The largest absolute Gasteiger partial charge is 1.00 e. The summed E-state index contributed by atoms with van der Waals surface area (Å²) in [6.45, 7) is 8.83. The van der Waals surface area contributed by atoms with Gasteiger partial charge in [-0.15, -0.1) is 11.8 Å². The summed E-state index contributed by atoms with van der Waals surface area (Å²) in [7, 11) is 0. The second kappa shape index (κ2) is 5.76. The van der Waals surface area contributed by atoms with Gasteiger partial charge < -0.3 is 20.1 Å². The third-order valence-electron chi connectivity index (χ3n) is 3.63. The minimum absolute atomic E-state index is 0. The van der Waals surface area contributed by atoms with Crippen molar-refractivity contribution < 1.29 is 49.0 Å². The van der Waals surface area contributed by atoms with E-state index in [1.54, 1.807) is 34.6 Å². The first-order chi connectivity index (χ1) is 8.97. The number of carboxylic acids is 1. The van der Waals surface area contributed by atoms with Gasteiger partial charge in [-0.25, -0.2) is 0 Å². The number of hydrogen-bond acceptors (Lipinski definition) is 5. The molecule has 0 unspecified atom stereocenters. The van der Waals surface area contributed by atoms with Gasteiger partial charge in [0.15, 0.2) is 0 Å². The molecule has 3 atom stereocenters. The molecule has 0 aromatic rings. The summed E-state index contributed by atoms with van der Waals surface area (Å²) in [6.07, 6.45) is 0. The van der Waals surface area contributed by atoms with Crippen LogP contribution in [0.15, 0.2) is 0 Å². The van der Waals surface area contributed by atoms with Crippen molar-refractivity contribution in [3.8, 4) is 0 Å². The second-order valence-corrected chi connectivity index (χ2v) is 8.55. The van der Waals surface area contributed by atoms with Crippen LogP contribution in [0.2, 0.25) is 0 Å². The van der Waals surface area contributed by atoms with Crippen molar-refractivity contribution in [1.29, 1.82) is 0 Å². The molecule has 2 heterocycles. The van der Waals surface area contributed by atoms with Crippen LogP contribution in [0.5, 0.6) is 0 Å². The van der Waals surface area contributed by atoms with Crippen LogP contribution in [0.3, 0.4) is 0 Å². The number of β-lactam (4-membered cyclic amide) rings is 1. The molecule has 0 bridgehead atoms. The Hall–Kier alpha value is -0.240. The zero-order chi connectivity index (χ0) is 15.5. The van der Waals surface area contributed by atoms with Gasteiger partial charge >= 0.3 is 29.6 Å². The quantitative estimate of drug-likeness (QED) is 0.418. The van der Waals surface area contributed by atoms with Crippen LogP contribution in [0.1, 0.15) is 34.6 Å². The fourth-order valence-electron chi connectivity index (χ4n) is 2.48. The van der Waals surface area contributed by atoms with E-state index in [2.05, 4.69) is 5.32 Å². The Labute approximate surface area is 150 Å². The molecule has 0 spiro atoms. The van der Waals surface area contributed by atoms with E-state index >= 15 is 0 Å². The zero-order valence-electron chi connectivity index (χ0n) is 13.2. The molecule has 0 aromatic heterocycles. The number of nitrogens with one attached hydrogen (secondary N) is 1. The molecule has 0 aliphatic carbocycles. The maximum Gasteiger partial charge on any atom is 1.00 e. The van der Waals surface area contributed by atoms with Crippen molar-refractivity contribution in [3.05, 3.63) is 0 Å². The monoisotopic (exact) mass is 322 g/mol. The van der Waals surface area contributed by atoms with Crippen LogP contribution < -0.4 is 40.0 Å². The number of rotatable bonds is 2. The maximum absolute atomic E-state index is 12.1. The molecule has 0 saturated carbocycles. The van der Waals surface area contributed by atoms with Crippen LogP contribution in [0, 0.1) is 5.41 Å². The van der Waals surface area contributed by atoms with Gasteiger partial charge in [0.1, 0.15) is 11.4 Å². The van der Waals surface area contributed by atoms with E-state index < -0.39 is 28.2 Å². The molecule has 0 radical (unpaired) electrons. The molecule has 21 heavy (non-hydrogen) atoms. The first-order valence-electron chi connectivity index (χ1n) is 6.48. The summed E-state index contributed by atoms with van der Waals surface area (Å²) < 4.78 is -0.625. The average Bonchev–Trinajstić information content (AvgIpc) is 2.53. The van der Waals surface area contributed by atoms with E-state index in [1.807, 2.05) is 0 Å².